The summed E-state index contributed by atoms with van der Waals surface area (Å²) in [7, 11) is 1.45. The van der Waals surface area contributed by atoms with Gasteiger partial charge in [0.05, 0.1) is 24.1 Å². The molecule has 4 rings (SSSR count). The quantitative estimate of drug-likeness (QED) is 0.194. The zero-order chi connectivity index (χ0) is 24.2. The first kappa shape index (κ1) is 24.1. The molecule has 0 bridgehead atoms. The van der Waals surface area contributed by atoms with Gasteiger partial charge in [-0.25, -0.2) is 4.79 Å². The van der Waals surface area contributed by atoms with Gasteiger partial charge in [-0.15, -0.1) is 0 Å². The van der Waals surface area contributed by atoms with E-state index < -0.39 is 11.9 Å². The monoisotopic (exact) mass is 557 g/mol. The second-order valence-corrected chi connectivity index (χ2v) is 9.42. The van der Waals surface area contributed by atoms with Crippen molar-refractivity contribution in [1.29, 1.82) is 0 Å². The first-order valence-electron chi connectivity index (χ1n) is 10.0. The van der Waals surface area contributed by atoms with Crippen molar-refractivity contribution in [2.45, 2.75) is 6.54 Å². The van der Waals surface area contributed by atoms with E-state index in [-0.39, 0.29) is 22.4 Å². The zero-order valence-electron chi connectivity index (χ0n) is 17.8. The van der Waals surface area contributed by atoms with Crippen LogP contribution in [-0.2, 0) is 11.3 Å². The molecule has 1 aliphatic rings. The molecule has 1 saturated heterocycles. The summed E-state index contributed by atoms with van der Waals surface area (Å²) in [6.45, 7) is 0.139. The Kier molecular flexibility index (Phi) is 7.41. The molecule has 1 heterocycles. The zero-order valence-corrected chi connectivity index (χ0v) is 20.9. The van der Waals surface area contributed by atoms with E-state index in [1.807, 2.05) is 24.3 Å². The van der Waals surface area contributed by atoms with Gasteiger partial charge in [-0.05, 0) is 59.8 Å². The molecule has 0 N–H and O–H groups in total. The number of amides is 2. The van der Waals surface area contributed by atoms with Crippen molar-refractivity contribution in [3.05, 3.63) is 97.8 Å². The average Bonchev–Trinajstić information content (AvgIpc) is 3.09. The largest absolute Gasteiger partial charge is 0.493 e. The Bertz CT molecular complexity index is 1310. The van der Waals surface area contributed by atoms with Crippen LogP contribution in [0.25, 0.3) is 6.08 Å². The lowest BCUT2D eigenvalue weighted by Gasteiger charge is -2.14. The van der Waals surface area contributed by atoms with Crippen LogP contribution in [0.5, 0.6) is 11.5 Å². The Morgan fingerprint density at radius 1 is 1.06 bits per heavy atom. The highest BCUT2D eigenvalue weighted by Crippen LogP contribution is 2.38. The molecule has 0 spiro atoms. The molecular formula is C25H17BrClNO5S. The van der Waals surface area contributed by atoms with Crippen molar-refractivity contribution >= 4 is 62.5 Å². The van der Waals surface area contributed by atoms with Crippen LogP contribution in [0.3, 0.4) is 0 Å². The summed E-state index contributed by atoms with van der Waals surface area (Å²) in [6, 6.07) is 18.7. The molecule has 9 heteroatoms. The fourth-order valence-electron chi connectivity index (χ4n) is 3.23. The van der Waals surface area contributed by atoms with E-state index in [1.54, 1.807) is 42.5 Å². The van der Waals surface area contributed by atoms with Crippen molar-refractivity contribution in [2.24, 2.45) is 0 Å². The van der Waals surface area contributed by atoms with Gasteiger partial charge in [0.15, 0.2) is 11.5 Å². The maximum absolute atomic E-state index is 13.0. The van der Waals surface area contributed by atoms with Crippen LogP contribution in [0.4, 0.5) is 4.79 Å². The standard InChI is InChI=1S/C25H17BrClNO5S/c1-32-20-8-4-6-16(22(20)33-24(30)15-9-11-18(27)12-10-15)13-21-23(29)28(25(31)34-21)14-17-5-2-3-7-19(17)26/h2-13H,14H2,1H3/b21-13-. The number of carbonyl (C=O) groups is 3. The molecule has 1 aliphatic heterocycles. The number of methoxy groups -OCH3 is 1. The van der Waals surface area contributed by atoms with E-state index in [1.165, 1.54) is 18.1 Å². The minimum absolute atomic E-state index is 0.139. The number of hydrogen-bond acceptors (Lipinski definition) is 6. The number of imide groups is 1. The molecule has 0 aliphatic carbocycles. The third-order valence-corrected chi connectivity index (χ3v) is 6.88. The van der Waals surface area contributed by atoms with Gasteiger partial charge in [0.2, 0.25) is 0 Å². The number of rotatable bonds is 6. The molecule has 172 valence electrons. The molecule has 1 fully saturated rings. The molecule has 3 aromatic carbocycles. The minimum Gasteiger partial charge on any atom is -0.493 e. The van der Waals surface area contributed by atoms with Gasteiger partial charge < -0.3 is 9.47 Å². The predicted molar refractivity (Wildman–Crippen MR) is 135 cm³/mol. The normalized spacial score (nSPS) is 14.6. The lowest BCUT2D eigenvalue weighted by atomic mass is 10.1. The highest BCUT2D eigenvalue weighted by atomic mass is 79.9. The van der Waals surface area contributed by atoms with Crippen LogP contribution in [0.15, 0.2) is 76.1 Å². The number of benzene rings is 3. The Hall–Kier alpha value is -3.07. The molecular weight excluding hydrogens is 542 g/mol. The highest BCUT2D eigenvalue weighted by molar-refractivity contribution is 9.10. The summed E-state index contributed by atoms with van der Waals surface area (Å²) in [5, 5.41) is 0.113. The number of ether oxygens (including phenoxy) is 2. The lowest BCUT2D eigenvalue weighted by Crippen LogP contribution is -2.27. The molecule has 2 amide bonds. The van der Waals surface area contributed by atoms with Crippen molar-refractivity contribution in [2.75, 3.05) is 7.11 Å². The lowest BCUT2D eigenvalue weighted by molar-refractivity contribution is -0.123. The number of esters is 1. The Morgan fingerprint density at radius 2 is 1.79 bits per heavy atom. The molecule has 0 aromatic heterocycles. The van der Waals surface area contributed by atoms with Gasteiger partial charge in [0.25, 0.3) is 11.1 Å². The summed E-state index contributed by atoms with van der Waals surface area (Å²) >= 11 is 10.2. The molecule has 6 nitrogen and oxygen atoms in total. The van der Waals surface area contributed by atoms with Crippen LogP contribution in [-0.4, -0.2) is 29.1 Å². The van der Waals surface area contributed by atoms with Crippen molar-refractivity contribution in [3.8, 4) is 11.5 Å². The number of thioether (sulfide) groups is 1. The van der Waals surface area contributed by atoms with E-state index in [0.717, 1.165) is 21.8 Å². The topological polar surface area (TPSA) is 72.9 Å². The maximum Gasteiger partial charge on any atom is 0.343 e. The van der Waals surface area contributed by atoms with Crippen molar-refractivity contribution in [1.82, 2.24) is 4.90 Å². The summed E-state index contributed by atoms with van der Waals surface area (Å²) in [4.78, 5) is 39.7. The average molecular weight is 559 g/mol. The SMILES string of the molecule is COc1cccc(/C=C2\SC(=O)N(Cc3ccccc3Br)C2=O)c1OC(=O)c1ccc(Cl)cc1. The summed E-state index contributed by atoms with van der Waals surface area (Å²) in [5.74, 6) is -0.590. The molecule has 0 atom stereocenters. The van der Waals surface area contributed by atoms with Gasteiger partial charge in [-0.3, -0.25) is 14.5 Å². The molecule has 0 unspecified atom stereocenters. The fourth-order valence-corrected chi connectivity index (χ4v) is 4.59. The van der Waals surface area contributed by atoms with Crippen molar-refractivity contribution < 1.29 is 23.9 Å². The van der Waals surface area contributed by atoms with Gasteiger partial charge in [0.1, 0.15) is 0 Å². The number of para-hydroxylation sites is 1. The maximum atomic E-state index is 13.0. The summed E-state index contributed by atoms with van der Waals surface area (Å²) in [6.07, 6.45) is 1.53. The second kappa shape index (κ2) is 10.5. The Labute approximate surface area is 213 Å². The van der Waals surface area contributed by atoms with E-state index >= 15 is 0 Å². The van der Waals surface area contributed by atoms with Crippen LogP contribution in [0, 0.1) is 0 Å². The summed E-state index contributed by atoms with van der Waals surface area (Å²) in [5.41, 5.74) is 1.54. The van der Waals surface area contributed by atoms with Gasteiger partial charge in [-0.2, -0.15) is 0 Å². The number of halogens is 2. The number of carbonyl (C=O) groups excluding carboxylic acids is 3. The van der Waals surface area contributed by atoms with Crippen LogP contribution in [0.2, 0.25) is 5.02 Å². The smallest absolute Gasteiger partial charge is 0.343 e. The third kappa shape index (κ3) is 5.19. The molecule has 3 aromatic rings. The number of hydrogen-bond donors (Lipinski definition) is 0. The van der Waals surface area contributed by atoms with Crippen LogP contribution < -0.4 is 9.47 Å². The summed E-state index contributed by atoms with van der Waals surface area (Å²) < 4.78 is 11.8. The van der Waals surface area contributed by atoms with Crippen LogP contribution in [0.1, 0.15) is 21.5 Å². The van der Waals surface area contributed by atoms with Crippen LogP contribution >= 0.6 is 39.3 Å². The molecule has 0 saturated carbocycles. The Balaban J connectivity index is 1.63. The predicted octanol–water partition coefficient (Wildman–Crippen LogP) is 6.57. The van der Waals surface area contributed by atoms with Gasteiger partial charge in [0, 0.05) is 15.1 Å². The van der Waals surface area contributed by atoms with Gasteiger partial charge >= 0.3 is 5.97 Å². The van der Waals surface area contributed by atoms with Gasteiger partial charge in [-0.1, -0.05) is 57.9 Å². The van der Waals surface area contributed by atoms with E-state index in [2.05, 4.69) is 15.9 Å². The second-order valence-electron chi connectivity index (χ2n) is 7.13. The first-order valence-corrected chi connectivity index (χ1v) is 12.0. The first-order chi connectivity index (χ1) is 16.4. The minimum atomic E-state index is -0.613. The van der Waals surface area contributed by atoms with E-state index in [0.29, 0.717) is 21.9 Å². The molecule has 34 heavy (non-hydrogen) atoms. The third-order valence-electron chi connectivity index (χ3n) is 4.95. The van der Waals surface area contributed by atoms with Crippen molar-refractivity contribution in [3.63, 3.8) is 0 Å². The van der Waals surface area contributed by atoms with E-state index in [4.69, 9.17) is 21.1 Å². The molecule has 0 radical (unpaired) electrons. The fraction of sp³-hybridized carbons (Fsp3) is 0.0800. The highest BCUT2D eigenvalue weighted by Gasteiger charge is 2.35. The van der Waals surface area contributed by atoms with E-state index in [9.17, 15) is 14.4 Å². The number of nitrogens with zero attached hydrogens (tertiary/aromatic N) is 1. The Morgan fingerprint density at radius 3 is 2.50 bits per heavy atom.